The van der Waals surface area contributed by atoms with Gasteiger partial charge in [0.05, 0.1) is 6.61 Å². The molecule has 0 saturated carbocycles. The van der Waals surface area contributed by atoms with Crippen LogP contribution in [0.2, 0.25) is 0 Å². The molecular formula is C19H25NO2. The summed E-state index contributed by atoms with van der Waals surface area (Å²) in [7, 11) is 0. The Morgan fingerprint density at radius 3 is 2.50 bits per heavy atom. The zero-order chi connectivity index (χ0) is 15.8. The van der Waals surface area contributed by atoms with Gasteiger partial charge in [-0.1, -0.05) is 55.0 Å². The molecule has 2 aromatic rings. The van der Waals surface area contributed by atoms with Crippen LogP contribution in [-0.2, 0) is 13.2 Å². The maximum Gasteiger partial charge on any atom is 0.124 e. The van der Waals surface area contributed by atoms with E-state index in [1.165, 1.54) is 5.56 Å². The fourth-order valence-corrected chi connectivity index (χ4v) is 2.23. The Hall–Kier alpha value is -1.84. The van der Waals surface area contributed by atoms with E-state index in [1.807, 2.05) is 18.2 Å². The number of aliphatic hydroxyl groups is 1. The van der Waals surface area contributed by atoms with Gasteiger partial charge in [-0.15, -0.1) is 0 Å². The van der Waals surface area contributed by atoms with Crippen molar-refractivity contribution in [2.24, 2.45) is 0 Å². The summed E-state index contributed by atoms with van der Waals surface area (Å²) in [4.78, 5) is 0. The van der Waals surface area contributed by atoms with E-state index in [0.717, 1.165) is 23.3 Å². The van der Waals surface area contributed by atoms with Crippen LogP contribution in [0.1, 0.15) is 30.0 Å². The van der Waals surface area contributed by atoms with Gasteiger partial charge < -0.3 is 15.2 Å². The molecule has 0 radical (unpaired) electrons. The standard InChI is InChI=1S/C19H25NO2/c1-3-18(13-21)20-12-17-6-4-5-7-19(17)22-14-16-10-8-15(2)9-11-16/h4-11,18,20-21H,3,12-14H2,1-2H3/t18-/m1/s1. The Kier molecular flexibility index (Phi) is 6.44. The summed E-state index contributed by atoms with van der Waals surface area (Å²) in [6, 6.07) is 16.5. The maximum absolute atomic E-state index is 9.25. The Labute approximate surface area is 133 Å². The molecule has 2 N–H and O–H groups in total. The molecule has 0 spiro atoms. The molecule has 3 heteroatoms. The second-order valence-corrected chi connectivity index (χ2v) is 5.55. The Bertz CT molecular complexity index is 562. The summed E-state index contributed by atoms with van der Waals surface area (Å²) in [6.07, 6.45) is 0.906. The lowest BCUT2D eigenvalue weighted by molar-refractivity contribution is 0.237. The fourth-order valence-electron chi connectivity index (χ4n) is 2.23. The van der Waals surface area contributed by atoms with Crippen molar-refractivity contribution in [3.05, 3.63) is 65.2 Å². The van der Waals surface area contributed by atoms with E-state index in [0.29, 0.717) is 13.2 Å². The predicted octanol–water partition coefficient (Wildman–Crippen LogP) is 3.43. The van der Waals surface area contributed by atoms with Gasteiger partial charge in [-0.3, -0.25) is 0 Å². The molecule has 0 fully saturated rings. The summed E-state index contributed by atoms with van der Waals surface area (Å²) < 4.78 is 5.96. The highest BCUT2D eigenvalue weighted by atomic mass is 16.5. The quantitative estimate of drug-likeness (QED) is 0.784. The first-order valence-corrected chi connectivity index (χ1v) is 7.83. The first-order valence-electron chi connectivity index (χ1n) is 7.83. The molecule has 0 aromatic heterocycles. The number of hydrogen-bond acceptors (Lipinski definition) is 3. The fraction of sp³-hybridized carbons (Fsp3) is 0.368. The van der Waals surface area contributed by atoms with Gasteiger partial charge >= 0.3 is 0 Å². The number of para-hydroxylation sites is 1. The molecule has 2 rings (SSSR count). The predicted molar refractivity (Wildman–Crippen MR) is 90.0 cm³/mol. The molecular weight excluding hydrogens is 274 g/mol. The van der Waals surface area contributed by atoms with Crippen LogP contribution >= 0.6 is 0 Å². The van der Waals surface area contributed by atoms with Gasteiger partial charge in [0, 0.05) is 18.2 Å². The maximum atomic E-state index is 9.25. The normalized spacial score (nSPS) is 12.1. The lowest BCUT2D eigenvalue weighted by Crippen LogP contribution is -2.31. The minimum Gasteiger partial charge on any atom is -0.489 e. The highest BCUT2D eigenvalue weighted by Crippen LogP contribution is 2.19. The summed E-state index contributed by atoms with van der Waals surface area (Å²) in [5.41, 5.74) is 3.53. The van der Waals surface area contributed by atoms with Crippen molar-refractivity contribution in [2.75, 3.05) is 6.61 Å². The highest BCUT2D eigenvalue weighted by Gasteiger charge is 2.07. The van der Waals surface area contributed by atoms with Crippen molar-refractivity contribution >= 4 is 0 Å². The molecule has 1 atom stereocenters. The van der Waals surface area contributed by atoms with Crippen molar-refractivity contribution in [2.45, 2.75) is 39.5 Å². The topological polar surface area (TPSA) is 41.5 Å². The molecule has 2 aromatic carbocycles. The van der Waals surface area contributed by atoms with Crippen molar-refractivity contribution in [1.29, 1.82) is 0 Å². The van der Waals surface area contributed by atoms with Crippen LogP contribution in [0.5, 0.6) is 5.75 Å². The molecule has 22 heavy (non-hydrogen) atoms. The second-order valence-electron chi connectivity index (χ2n) is 5.55. The first kappa shape index (κ1) is 16.5. The van der Waals surface area contributed by atoms with E-state index in [9.17, 15) is 5.11 Å². The molecule has 0 saturated heterocycles. The van der Waals surface area contributed by atoms with Gasteiger partial charge in [0.2, 0.25) is 0 Å². The molecule has 0 unspecified atom stereocenters. The van der Waals surface area contributed by atoms with E-state index >= 15 is 0 Å². The zero-order valence-electron chi connectivity index (χ0n) is 13.4. The van der Waals surface area contributed by atoms with Crippen LogP contribution in [0.3, 0.4) is 0 Å². The van der Waals surface area contributed by atoms with Gasteiger partial charge in [0.15, 0.2) is 0 Å². The zero-order valence-corrected chi connectivity index (χ0v) is 13.4. The number of aliphatic hydroxyl groups excluding tert-OH is 1. The van der Waals surface area contributed by atoms with Gasteiger partial charge in [-0.05, 0) is 25.0 Å². The summed E-state index contributed by atoms with van der Waals surface area (Å²) in [5.74, 6) is 0.892. The summed E-state index contributed by atoms with van der Waals surface area (Å²) in [5, 5.41) is 12.6. The highest BCUT2D eigenvalue weighted by molar-refractivity contribution is 5.33. The molecule has 0 heterocycles. The lowest BCUT2D eigenvalue weighted by Gasteiger charge is -2.16. The van der Waals surface area contributed by atoms with E-state index in [4.69, 9.17) is 4.74 Å². The average molecular weight is 299 g/mol. The molecule has 0 aliphatic heterocycles. The number of aryl methyl sites for hydroxylation is 1. The Balaban J connectivity index is 1.97. The van der Waals surface area contributed by atoms with E-state index in [-0.39, 0.29) is 12.6 Å². The third-order valence-electron chi connectivity index (χ3n) is 3.78. The van der Waals surface area contributed by atoms with Crippen LogP contribution in [-0.4, -0.2) is 17.8 Å². The van der Waals surface area contributed by atoms with E-state index in [1.54, 1.807) is 0 Å². The van der Waals surface area contributed by atoms with Crippen molar-refractivity contribution < 1.29 is 9.84 Å². The van der Waals surface area contributed by atoms with Gasteiger partial charge in [-0.25, -0.2) is 0 Å². The summed E-state index contributed by atoms with van der Waals surface area (Å²) >= 11 is 0. The van der Waals surface area contributed by atoms with Crippen LogP contribution in [0.4, 0.5) is 0 Å². The largest absolute Gasteiger partial charge is 0.489 e. The van der Waals surface area contributed by atoms with Crippen LogP contribution < -0.4 is 10.1 Å². The van der Waals surface area contributed by atoms with Crippen molar-refractivity contribution in [1.82, 2.24) is 5.32 Å². The Morgan fingerprint density at radius 1 is 1.09 bits per heavy atom. The number of hydrogen-bond donors (Lipinski definition) is 2. The van der Waals surface area contributed by atoms with Crippen LogP contribution in [0.15, 0.2) is 48.5 Å². The molecule has 118 valence electrons. The number of benzene rings is 2. The minimum absolute atomic E-state index is 0.130. The van der Waals surface area contributed by atoms with E-state index in [2.05, 4.69) is 49.5 Å². The lowest BCUT2D eigenvalue weighted by atomic mass is 10.1. The molecule has 0 aliphatic carbocycles. The molecule has 0 amide bonds. The smallest absolute Gasteiger partial charge is 0.124 e. The molecule has 3 nitrogen and oxygen atoms in total. The molecule has 0 aliphatic rings. The molecule has 0 bridgehead atoms. The number of ether oxygens (including phenoxy) is 1. The van der Waals surface area contributed by atoms with Gasteiger partial charge in [-0.2, -0.15) is 0 Å². The average Bonchev–Trinajstić information content (AvgIpc) is 2.56. The van der Waals surface area contributed by atoms with Crippen molar-refractivity contribution in [3.8, 4) is 5.75 Å². The third-order valence-corrected chi connectivity index (χ3v) is 3.78. The van der Waals surface area contributed by atoms with Crippen molar-refractivity contribution in [3.63, 3.8) is 0 Å². The second kappa shape index (κ2) is 8.57. The van der Waals surface area contributed by atoms with Crippen LogP contribution in [0, 0.1) is 6.92 Å². The SMILES string of the molecule is CC[C@H](CO)NCc1ccccc1OCc1ccc(C)cc1. The minimum atomic E-state index is 0.130. The Morgan fingerprint density at radius 2 is 1.82 bits per heavy atom. The number of rotatable bonds is 8. The van der Waals surface area contributed by atoms with E-state index < -0.39 is 0 Å². The van der Waals surface area contributed by atoms with Gasteiger partial charge in [0.1, 0.15) is 12.4 Å². The van der Waals surface area contributed by atoms with Crippen LogP contribution in [0.25, 0.3) is 0 Å². The van der Waals surface area contributed by atoms with Gasteiger partial charge in [0.25, 0.3) is 0 Å². The number of nitrogens with one attached hydrogen (secondary N) is 1. The first-order chi connectivity index (χ1) is 10.7. The third kappa shape index (κ3) is 4.86. The monoisotopic (exact) mass is 299 g/mol. The summed E-state index contributed by atoms with van der Waals surface area (Å²) in [6.45, 7) is 5.56.